The van der Waals surface area contributed by atoms with Crippen LogP contribution in [-0.4, -0.2) is 37.7 Å². The quantitative estimate of drug-likeness (QED) is 0.796. The Balaban J connectivity index is 2.91. The monoisotopic (exact) mass is 328 g/mol. The van der Waals surface area contributed by atoms with Crippen molar-refractivity contribution in [1.82, 2.24) is 4.90 Å². The molecule has 0 amide bonds. The van der Waals surface area contributed by atoms with Gasteiger partial charge in [0, 0.05) is 36.8 Å². The Morgan fingerprint density at radius 2 is 1.95 bits per heavy atom. The maximum Gasteiger partial charge on any atom is 0.0590 e. The molecule has 19 heavy (non-hydrogen) atoms. The van der Waals surface area contributed by atoms with Gasteiger partial charge in [0.1, 0.15) is 0 Å². The van der Waals surface area contributed by atoms with Gasteiger partial charge in [-0.1, -0.05) is 35.0 Å². The maximum atomic E-state index is 6.01. The number of halogens is 1. The Bertz CT molecular complexity index is 356. The van der Waals surface area contributed by atoms with Crippen LogP contribution in [-0.2, 0) is 4.74 Å². The van der Waals surface area contributed by atoms with Crippen molar-refractivity contribution in [3.63, 3.8) is 0 Å². The fourth-order valence-electron chi connectivity index (χ4n) is 2.26. The van der Waals surface area contributed by atoms with Crippen LogP contribution in [0.3, 0.4) is 0 Å². The van der Waals surface area contributed by atoms with E-state index in [1.165, 1.54) is 5.56 Å². The minimum atomic E-state index is 0.248. The second kappa shape index (κ2) is 8.69. The summed E-state index contributed by atoms with van der Waals surface area (Å²) in [6.45, 7) is 6.72. The Hall–Kier alpha value is -0.420. The minimum Gasteiger partial charge on any atom is -0.383 e. The van der Waals surface area contributed by atoms with Gasteiger partial charge in [-0.25, -0.2) is 0 Å². The number of methoxy groups -OCH3 is 1. The SMILES string of the molecule is CCC(C)N(CCOC)C(CN)c1ccc(Br)cc1. The largest absolute Gasteiger partial charge is 0.383 e. The zero-order valence-electron chi connectivity index (χ0n) is 12.1. The Morgan fingerprint density at radius 1 is 1.32 bits per heavy atom. The Kier molecular flexibility index (Phi) is 7.61. The molecule has 0 aromatic heterocycles. The molecule has 1 rings (SSSR count). The average molecular weight is 329 g/mol. The number of hydrogen-bond acceptors (Lipinski definition) is 3. The van der Waals surface area contributed by atoms with Crippen LogP contribution >= 0.6 is 15.9 Å². The third kappa shape index (κ3) is 4.88. The zero-order chi connectivity index (χ0) is 14.3. The lowest BCUT2D eigenvalue weighted by molar-refractivity contribution is 0.0902. The van der Waals surface area contributed by atoms with Gasteiger partial charge in [0.05, 0.1) is 6.61 Å². The fraction of sp³-hybridized carbons (Fsp3) is 0.600. The van der Waals surface area contributed by atoms with E-state index in [-0.39, 0.29) is 6.04 Å². The van der Waals surface area contributed by atoms with Gasteiger partial charge in [-0.05, 0) is 31.0 Å². The van der Waals surface area contributed by atoms with Crippen molar-refractivity contribution in [2.24, 2.45) is 5.73 Å². The molecule has 0 heterocycles. The summed E-state index contributed by atoms with van der Waals surface area (Å²) >= 11 is 3.47. The van der Waals surface area contributed by atoms with Gasteiger partial charge in [0.2, 0.25) is 0 Å². The molecule has 2 atom stereocenters. The molecule has 0 bridgehead atoms. The molecule has 0 spiro atoms. The van der Waals surface area contributed by atoms with Gasteiger partial charge in [-0.15, -0.1) is 0 Å². The van der Waals surface area contributed by atoms with Crippen molar-refractivity contribution in [2.45, 2.75) is 32.4 Å². The summed E-state index contributed by atoms with van der Waals surface area (Å²) in [6.07, 6.45) is 1.11. The topological polar surface area (TPSA) is 38.5 Å². The molecule has 0 saturated carbocycles. The van der Waals surface area contributed by atoms with Gasteiger partial charge in [0.25, 0.3) is 0 Å². The van der Waals surface area contributed by atoms with E-state index in [1.54, 1.807) is 7.11 Å². The second-order valence-corrected chi connectivity index (χ2v) is 5.71. The average Bonchev–Trinajstić information content (AvgIpc) is 2.44. The van der Waals surface area contributed by atoms with Crippen LogP contribution in [0.2, 0.25) is 0 Å². The van der Waals surface area contributed by atoms with Crippen LogP contribution in [0.25, 0.3) is 0 Å². The van der Waals surface area contributed by atoms with E-state index < -0.39 is 0 Å². The van der Waals surface area contributed by atoms with E-state index in [0.717, 1.165) is 24.0 Å². The van der Waals surface area contributed by atoms with Crippen molar-refractivity contribution in [3.05, 3.63) is 34.3 Å². The third-order valence-corrected chi connectivity index (χ3v) is 4.12. The molecule has 0 fully saturated rings. The minimum absolute atomic E-state index is 0.248. The molecule has 2 unspecified atom stereocenters. The standard InChI is InChI=1S/C15H25BrN2O/c1-4-12(2)18(9-10-19-3)15(11-17)13-5-7-14(16)8-6-13/h5-8,12,15H,4,9-11,17H2,1-3H3. The molecule has 2 N–H and O–H groups in total. The van der Waals surface area contributed by atoms with Crippen molar-refractivity contribution in [3.8, 4) is 0 Å². The molecule has 4 heteroatoms. The summed E-state index contributed by atoms with van der Waals surface area (Å²) in [4.78, 5) is 2.44. The zero-order valence-corrected chi connectivity index (χ0v) is 13.7. The van der Waals surface area contributed by atoms with Gasteiger partial charge in [-0.3, -0.25) is 4.90 Å². The van der Waals surface area contributed by atoms with Crippen molar-refractivity contribution >= 4 is 15.9 Å². The molecule has 1 aromatic rings. The molecule has 0 saturated heterocycles. The summed E-state index contributed by atoms with van der Waals surface area (Å²) < 4.78 is 6.32. The predicted molar refractivity (Wildman–Crippen MR) is 84.3 cm³/mol. The van der Waals surface area contributed by atoms with E-state index in [0.29, 0.717) is 12.6 Å². The van der Waals surface area contributed by atoms with Gasteiger partial charge < -0.3 is 10.5 Å². The van der Waals surface area contributed by atoms with E-state index in [9.17, 15) is 0 Å². The van der Waals surface area contributed by atoms with E-state index in [4.69, 9.17) is 10.5 Å². The number of nitrogens with zero attached hydrogens (tertiary/aromatic N) is 1. The molecule has 3 nitrogen and oxygen atoms in total. The highest BCUT2D eigenvalue weighted by Crippen LogP contribution is 2.24. The molecular formula is C15H25BrN2O. The van der Waals surface area contributed by atoms with Gasteiger partial charge in [0.15, 0.2) is 0 Å². The van der Waals surface area contributed by atoms with Crippen LogP contribution in [0, 0.1) is 0 Å². The maximum absolute atomic E-state index is 6.01. The Labute approximate surface area is 125 Å². The van der Waals surface area contributed by atoms with Crippen LogP contribution in [0.15, 0.2) is 28.7 Å². The first kappa shape index (κ1) is 16.6. The first-order valence-electron chi connectivity index (χ1n) is 6.84. The highest BCUT2D eigenvalue weighted by atomic mass is 79.9. The van der Waals surface area contributed by atoms with E-state index in [1.807, 2.05) is 0 Å². The summed E-state index contributed by atoms with van der Waals surface area (Å²) in [7, 11) is 1.74. The number of benzene rings is 1. The molecule has 0 aliphatic rings. The normalized spacial score (nSPS) is 14.6. The molecule has 0 aliphatic carbocycles. The lowest BCUT2D eigenvalue weighted by Crippen LogP contribution is -2.41. The molecule has 0 aliphatic heterocycles. The number of hydrogen-bond donors (Lipinski definition) is 1. The lowest BCUT2D eigenvalue weighted by Gasteiger charge is -2.35. The van der Waals surface area contributed by atoms with E-state index in [2.05, 4.69) is 58.9 Å². The van der Waals surface area contributed by atoms with Crippen LogP contribution in [0.5, 0.6) is 0 Å². The van der Waals surface area contributed by atoms with Crippen molar-refractivity contribution < 1.29 is 4.74 Å². The van der Waals surface area contributed by atoms with Gasteiger partial charge >= 0.3 is 0 Å². The van der Waals surface area contributed by atoms with Gasteiger partial charge in [-0.2, -0.15) is 0 Å². The highest BCUT2D eigenvalue weighted by molar-refractivity contribution is 9.10. The number of nitrogens with two attached hydrogens (primary N) is 1. The first-order valence-corrected chi connectivity index (χ1v) is 7.63. The smallest absolute Gasteiger partial charge is 0.0590 e. The van der Waals surface area contributed by atoms with E-state index >= 15 is 0 Å². The summed E-state index contributed by atoms with van der Waals surface area (Å²) in [5, 5.41) is 0. The third-order valence-electron chi connectivity index (χ3n) is 3.59. The highest BCUT2D eigenvalue weighted by Gasteiger charge is 2.22. The Morgan fingerprint density at radius 3 is 2.42 bits per heavy atom. The molecular weight excluding hydrogens is 304 g/mol. The summed E-state index contributed by atoms with van der Waals surface area (Å²) in [5.74, 6) is 0. The lowest BCUT2D eigenvalue weighted by atomic mass is 10.0. The van der Waals surface area contributed by atoms with Crippen molar-refractivity contribution in [1.29, 1.82) is 0 Å². The number of ether oxygens (including phenoxy) is 1. The molecule has 0 radical (unpaired) electrons. The summed E-state index contributed by atoms with van der Waals surface area (Å²) in [5.41, 5.74) is 7.28. The van der Waals surface area contributed by atoms with Crippen LogP contribution < -0.4 is 5.73 Å². The molecule has 108 valence electrons. The summed E-state index contributed by atoms with van der Waals surface area (Å²) in [6, 6.07) is 9.17. The number of rotatable bonds is 8. The van der Waals surface area contributed by atoms with Crippen LogP contribution in [0.4, 0.5) is 0 Å². The van der Waals surface area contributed by atoms with Crippen molar-refractivity contribution in [2.75, 3.05) is 26.8 Å². The molecule has 1 aromatic carbocycles. The fourth-order valence-corrected chi connectivity index (χ4v) is 2.53. The predicted octanol–water partition coefficient (Wildman–Crippen LogP) is 3.20. The first-order chi connectivity index (χ1) is 9.13. The van der Waals surface area contributed by atoms with Crippen LogP contribution in [0.1, 0.15) is 31.9 Å². The second-order valence-electron chi connectivity index (χ2n) is 4.79.